The van der Waals surface area contributed by atoms with Gasteiger partial charge in [0.15, 0.2) is 11.5 Å². The van der Waals surface area contributed by atoms with Crippen molar-refractivity contribution in [3.8, 4) is 23.0 Å². The lowest BCUT2D eigenvalue weighted by atomic mass is 10.1. The number of hydrogen-bond acceptors (Lipinski definition) is 7. The Morgan fingerprint density at radius 3 is 2.64 bits per heavy atom. The van der Waals surface area contributed by atoms with Gasteiger partial charge in [-0.25, -0.2) is 4.79 Å². The van der Waals surface area contributed by atoms with E-state index in [2.05, 4.69) is 5.32 Å². The molecule has 0 aromatic heterocycles. The SMILES string of the molecule is CCCc1c(NCCCOc2ccc(O)c(O)c2)cccc1OC(O)C(=O)O. The van der Waals surface area contributed by atoms with Crippen LogP contribution in [0.1, 0.15) is 25.3 Å². The average Bonchev–Trinajstić information content (AvgIpc) is 2.66. The third-order valence-electron chi connectivity index (χ3n) is 3.94. The molecule has 2 rings (SSSR count). The number of ether oxygens (including phenoxy) is 2. The molecule has 0 aliphatic rings. The van der Waals surface area contributed by atoms with Gasteiger partial charge in [-0.15, -0.1) is 0 Å². The highest BCUT2D eigenvalue weighted by molar-refractivity contribution is 5.71. The van der Waals surface area contributed by atoms with Crippen molar-refractivity contribution in [1.82, 2.24) is 0 Å². The lowest BCUT2D eigenvalue weighted by Gasteiger charge is -2.18. The van der Waals surface area contributed by atoms with Crippen LogP contribution >= 0.6 is 0 Å². The standard InChI is InChI=1S/C20H25NO7/c1-2-5-14-15(6-3-7-18(14)28-20(26)19(24)25)21-10-4-11-27-13-8-9-16(22)17(23)12-13/h3,6-9,12,20-23,26H,2,4-5,10-11H2,1H3,(H,24,25). The first kappa shape index (κ1) is 21.2. The summed E-state index contributed by atoms with van der Waals surface area (Å²) in [5.41, 5.74) is 1.61. The third kappa shape index (κ3) is 5.95. The first-order chi connectivity index (χ1) is 13.4. The minimum absolute atomic E-state index is 0.201. The van der Waals surface area contributed by atoms with Gasteiger partial charge in [-0.3, -0.25) is 0 Å². The zero-order chi connectivity index (χ0) is 20.5. The van der Waals surface area contributed by atoms with Crippen molar-refractivity contribution in [2.75, 3.05) is 18.5 Å². The number of aromatic hydroxyl groups is 2. The van der Waals surface area contributed by atoms with E-state index in [1.807, 2.05) is 13.0 Å². The second kappa shape index (κ2) is 10.3. The van der Waals surface area contributed by atoms with Crippen LogP contribution in [0.15, 0.2) is 36.4 Å². The zero-order valence-electron chi connectivity index (χ0n) is 15.6. The van der Waals surface area contributed by atoms with E-state index in [1.165, 1.54) is 12.1 Å². The summed E-state index contributed by atoms with van der Waals surface area (Å²) in [5.74, 6) is -1.09. The number of nitrogens with one attached hydrogen (secondary N) is 1. The van der Waals surface area contributed by atoms with Crippen LogP contribution in [0.5, 0.6) is 23.0 Å². The van der Waals surface area contributed by atoms with Crippen molar-refractivity contribution < 1.29 is 34.7 Å². The van der Waals surface area contributed by atoms with Gasteiger partial charge in [-0.2, -0.15) is 0 Å². The molecule has 1 unspecified atom stereocenters. The average molecular weight is 391 g/mol. The number of aliphatic carboxylic acids is 1. The largest absolute Gasteiger partial charge is 0.504 e. The van der Waals surface area contributed by atoms with Gasteiger partial charge in [-0.05, 0) is 37.1 Å². The van der Waals surface area contributed by atoms with Crippen molar-refractivity contribution in [3.05, 3.63) is 42.0 Å². The fourth-order valence-corrected chi connectivity index (χ4v) is 2.60. The molecule has 0 heterocycles. The first-order valence-corrected chi connectivity index (χ1v) is 9.00. The summed E-state index contributed by atoms with van der Waals surface area (Å²) < 4.78 is 10.7. The number of carboxylic acids is 1. The summed E-state index contributed by atoms with van der Waals surface area (Å²) in [5, 5.41) is 40.3. The van der Waals surface area contributed by atoms with Crippen molar-refractivity contribution >= 4 is 11.7 Å². The number of hydrogen-bond donors (Lipinski definition) is 5. The molecule has 28 heavy (non-hydrogen) atoms. The summed E-state index contributed by atoms with van der Waals surface area (Å²) in [7, 11) is 0. The Kier molecular flexibility index (Phi) is 7.76. The van der Waals surface area contributed by atoms with Gasteiger partial charge in [-0.1, -0.05) is 19.4 Å². The van der Waals surface area contributed by atoms with Crippen molar-refractivity contribution in [2.24, 2.45) is 0 Å². The van der Waals surface area contributed by atoms with Gasteiger partial charge in [0.05, 0.1) is 6.61 Å². The predicted molar refractivity (Wildman–Crippen MR) is 103 cm³/mol. The summed E-state index contributed by atoms with van der Waals surface area (Å²) in [6.45, 7) is 2.98. The van der Waals surface area contributed by atoms with Crippen LogP contribution in [0.4, 0.5) is 5.69 Å². The quantitative estimate of drug-likeness (QED) is 0.225. The number of carbonyl (C=O) groups is 1. The van der Waals surface area contributed by atoms with Crippen LogP contribution in [0.25, 0.3) is 0 Å². The van der Waals surface area contributed by atoms with Crippen LogP contribution in [-0.2, 0) is 11.2 Å². The molecule has 0 bridgehead atoms. The van der Waals surface area contributed by atoms with Crippen LogP contribution < -0.4 is 14.8 Å². The third-order valence-corrected chi connectivity index (χ3v) is 3.94. The number of benzene rings is 2. The van der Waals surface area contributed by atoms with Crippen LogP contribution in [-0.4, -0.2) is 45.8 Å². The van der Waals surface area contributed by atoms with E-state index in [1.54, 1.807) is 18.2 Å². The van der Waals surface area contributed by atoms with E-state index in [9.17, 15) is 20.1 Å². The molecule has 0 saturated heterocycles. The summed E-state index contributed by atoms with van der Waals surface area (Å²) in [6.07, 6.45) is 0.233. The van der Waals surface area contributed by atoms with E-state index < -0.39 is 12.3 Å². The smallest absolute Gasteiger partial charge is 0.373 e. The van der Waals surface area contributed by atoms with Gasteiger partial charge in [0.1, 0.15) is 11.5 Å². The molecule has 1 atom stereocenters. The number of carboxylic acid groups (broad SMARTS) is 1. The fourth-order valence-electron chi connectivity index (χ4n) is 2.60. The zero-order valence-corrected chi connectivity index (χ0v) is 15.6. The van der Waals surface area contributed by atoms with E-state index >= 15 is 0 Å². The van der Waals surface area contributed by atoms with Gasteiger partial charge in [0.2, 0.25) is 0 Å². The molecular weight excluding hydrogens is 366 g/mol. The topological polar surface area (TPSA) is 128 Å². The lowest BCUT2D eigenvalue weighted by molar-refractivity contribution is -0.162. The van der Waals surface area contributed by atoms with E-state index in [-0.39, 0.29) is 11.5 Å². The number of aliphatic hydroxyl groups is 1. The molecule has 0 saturated carbocycles. The van der Waals surface area contributed by atoms with E-state index in [0.29, 0.717) is 37.5 Å². The molecule has 8 nitrogen and oxygen atoms in total. The minimum Gasteiger partial charge on any atom is -0.504 e. The molecule has 0 aliphatic heterocycles. The Morgan fingerprint density at radius 2 is 1.96 bits per heavy atom. The second-order valence-corrected chi connectivity index (χ2v) is 6.12. The lowest BCUT2D eigenvalue weighted by Crippen LogP contribution is -2.26. The molecule has 0 spiro atoms. The molecule has 0 amide bonds. The number of rotatable bonds is 11. The Balaban J connectivity index is 1.91. The second-order valence-electron chi connectivity index (χ2n) is 6.12. The molecule has 2 aromatic rings. The Bertz CT molecular complexity index is 794. The molecule has 5 N–H and O–H groups in total. The number of anilines is 1. The highest BCUT2D eigenvalue weighted by Gasteiger charge is 2.18. The number of aliphatic hydroxyl groups excluding tert-OH is 1. The molecule has 8 heteroatoms. The van der Waals surface area contributed by atoms with Crippen LogP contribution in [0.3, 0.4) is 0 Å². The van der Waals surface area contributed by atoms with Gasteiger partial charge in [0.25, 0.3) is 6.29 Å². The summed E-state index contributed by atoms with van der Waals surface area (Å²) >= 11 is 0. The van der Waals surface area contributed by atoms with Crippen LogP contribution in [0, 0.1) is 0 Å². The molecular formula is C20H25NO7. The summed E-state index contributed by atoms with van der Waals surface area (Å²) in [6, 6.07) is 9.48. The van der Waals surface area contributed by atoms with Gasteiger partial charge < -0.3 is 35.2 Å². The maximum atomic E-state index is 10.8. The Labute approximate surface area is 163 Å². The molecule has 0 radical (unpaired) electrons. The molecule has 152 valence electrons. The highest BCUT2D eigenvalue weighted by Crippen LogP contribution is 2.30. The number of phenolic OH excluding ortho intramolecular Hbond substituents is 2. The molecule has 0 fully saturated rings. The van der Waals surface area contributed by atoms with Gasteiger partial charge >= 0.3 is 5.97 Å². The van der Waals surface area contributed by atoms with Crippen LogP contribution in [0.2, 0.25) is 0 Å². The maximum Gasteiger partial charge on any atom is 0.373 e. The van der Waals surface area contributed by atoms with Crippen molar-refractivity contribution in [3.63, 3.8) is 0 Å². The normalized spacial score (nSPS) is 11.6. The molecule has 2 aromatic carbocycles. The van der Waals surface area contributed by atoms with E-state index in [4.69, 9.17) is 14.6 Å². The van der Waals surface area contributed by atoms with E-state index in [0.717, 1.165) is 17.7 Å². The van der Waals surface area contributed by atoms with Crippen molar-refractivity contribution in [2.45, 2.75) is 32.5 Å². The summed E-state index contributed by atoms with van der Waals surface area (Å²) in [4.78, 5) is 10.8. The highest BCUT2D eigenvalue weighted by atomic mass is 16.6. The molecule has 0 aliphatic carbocycles. The van der Waals surface area contributed by atoms with Crippen molar-refractivity contribution in [1.29, 1.82) is 0 Å². The fraction of sp³-hybridized carbons (Fsp3) is 0.350. The minimum atomic E-state index is -1.92. The maximum absolute atomic E-state index is 10.8. The Hall–Kier alpha value is -3.13. The number of phenols is 2. The van der Waals surface area contributed by atoms with Gasteiger partial charge in [0, 0.05) is 23.9 Å². The first-order valence-electron chi connectivity index (χ1n) is 9.00. The monoisotopic (exact) mass is 391 g/mol. The Morgan fingerprint density at radius 1 is 1.18 bits per heavy atom. The predicted octanol–water partition coefficient (Wildman–Crippen LogP) is 2.71.